The van der Waals surface area contributed by atoms with E-state index in [2.05, 4.69) is 36.7 Å². The molecule has 0 radical (unpaired) electrons. The lowest BCUT2D eigenvalue weighted by Crippen LogP contribution is -2.27. The normalized spacial score (nSPS) is 14.6. The third kappa shape index (κ3) is 8.05. The van der Waals surface area contributed by atoms with Crippen molar-refractivity contribution < 1.29 is 33.4 Å². The van der Waals surface area contributed by atoms with Gasteiger partial charge in [-0.3, -0.25) is 14.4 Å². The Kier molecular flexibility index (Phi) is 9.48. The molecule has 1 atom stereocenters. The van der Waals surface area contributed by atoms with Crippen LogP contribution in [0.15, 0.2) is 102 Å². The molecule has 4 aromatic carbocycles. The van der Waals surface area contributed by atoms with Crippen LogP contribution in [0.1, 0.15) is 53.5 Å². The van der Waals surface area contributed by atoms with E-state index in [0.29, 0.717) is 28.3 Å². The van der Waals surface area contributed by atoms with Crippen molar-refractivity contribution in [2.24, 2.45) is 5.92 Å². The SMILES string of the molecule is CC(C)(C)c1ccc(Oc2ccc(N3C[C@H](C(=O)OCC(=O)c4ccc(OC(=O)c5ccc(Br)cc5)cc4)CC3=O)cc2)cc1. The van der Waals surface area contributed by atoms with Crippen LogP contribution in [0.3, 0.4) is 0 Å². The summed E-state index contributed by atoms with van der Waals surface area (Å²) in [5, 5.41) is 0. The minimum absolute atomic E-state index is 0.0101. The molecule has 1 aliphatic rings. The van der Waals surface area contributed by atoms with Gasteiger partial charge in [-0.1, -0.05) is 48.8 Å². The number of carbonyl (C=O) groups is 4. The van der Waals surface area contributed by atoms with Crippen LogP contribution >= 0.6 is 15.9 Å². The van der Waals surface area contributed by atoms with Crippen LogP contribution in [0.5, 0.6) is 17.2 Å². The fourth-order valence-electron chi connectivity index (χ4n) is 4.77. The maximum absolute atomic E-state index is 12.7. The summed E-state index contributed by atoms with van der Waals surface area (Å²) in [6, 6.07) is 27.8. The van der Waals surface area contributed by atoms with E-state index in [4.69, 9.17) is 14.2 Å². The Morgan fingerprint density at radius 3 is 1.93 bits per heavy atom. The Morgan fingerprint density at radius 1 is 0.778 bits per heavy atom. The molecule has 1 heterocycles. The van der Waals surface area contributed by atoms with E-state index in [0.717, 1.165) is 4.47 Å². The van der Waals surface area contributed by atoms with Gasteiger partial charge in [-0.25, -0.2) is 4.79 Å². The second-order valence-corrected chi connectivity index (χ2v) is 12.6. The van der Waals surface area contributed by atoms with Gasteiger partial charge in [-0.2, -0.15) is 0 Å². The smallest absolute Gasteiger partial charge is 0.343 e. The number of halogens is 1. The van der Waals surface area contributed by atoms with Crippen molar-refractivity contribution in [2.75, 3.05) is 18.1 Å². The van der Waals surface area contributed by atoms with Crippen molar-refractivity contribution in [1.29, 1.82) is 0 Å². The fourth-order valence-corrected chi connectivity index (χ4v) is 5.03. The third-order valence-corrected chi connectivity index (χ3v) is 7.90. The van der Waals surface area contributed by atoms with Gasteiger partial charge < -0.3 is 19.1 Å². The van der Waals surface area contributed by atoms with Gasteiger partial charge in [-0.05, 0) is 95.9 Å². The molecular weight excluding hydrogens is 638 g/mol. The predicted octanol–water partition coefficient (Wildman–Crippen LogP) is 7.54. The average Bonchev–Trinajstić information content (AvgIpc) is 3.42. The summed E-state index contributed by atoms with van der Waals surface area (Å²) >= 11 is 3.32. The molecule has 0 unspecified atom stereocenters. The summed E-state index contributed by atoms with van der Waals surface area (Å²) in [5.74, 6) is -0.847. The van der Waals surface area contributed by atoms with Crippen molar-refractivity contribution in [3.05, 3.63) is 118 Å². The molecule has 1 aliphatic heterocycles. The molecule has 230 valence electrons. The van der Waals surface area contributed by atoms with Crippen molar-refractivity contribution >= 4 is 45.2 Å². The van der Waals surface area contributed by atoms with E-state index in [1.165, 1.54) is 34.7 Å². The first kappa shape index (κ1) is 31.7. The Hall–Kier alpha value is -4.76. The summed E-state index contributed by atoms with van der Waals surface area (Å²) in [7, 11) is 0. The largest absolute Gasteiger partial charge is 0.457 e. The topological polar surface area (TPSA) is 99.2 Å². The van der Waals surface area contributed by atoms with Gasteiger partial charge in [0.1, 0.15) is 17.2 Å². The Bertz CT molecular complexity index is 1690. The van der Waals surface area contributed by atoms with Gasteiger partial charge >= 0.3 is 11.9 Å². The molecule has 1 amide bonds. The van der Waals surface area contributed by atoms with Gasteiger partial charge in [0.05, 0.1) is 11.5 Å². The Balaban J connectivity index is 1.10. The lowest BCUT2D eigenvalue weighted by Gasteiger charge is -2.19. The number of nitrogens with zero attached hydrogens (tertiary/aromatic N) is 1. The molecule has 0 saturated carbocycles. The molecule has 0 aliphatic carbocycles. The van der Waals surface area contributed by atoms with E-state index in [-0.39, 0.29) is 30.0 Å². The maximum atomic E-state index is 12.7. The molecule has 8 nitrogen and oxygen atoms in total. The molecule has 45 heavy (non-hydrogen) atoms. The van der Waals surface area contributed by atoms with Gasteiger partial charge in [0.2, 0.25) is 5.91 Å². The molecule has 0 bridgehead atoms. The van der Waals surface area contributed by atoms with Crippen LogP contribution in [0.4, 0.5) is 5.69 Å². The zero-order chi connectivity index (χ0) is 32.1. The minimum atomic E-state index is -0.692. The van der Waals surface area contributed by atoms with E-state index in [1.54, 1.807) is 48.5 Å². The molecule has 1 fully saturated rings. The maximum Gasteiger partial charge on any atom is 0.343 e. The molecule has 4 aromatic rings. The molecule has 0 spiro atoms. The number of hydrogen-bond acceptors (Lipinski definition) is 7. The van der Waals surface area contributed by atoms with E-state index >= 15 is 0 Å². The number of Topliss-reactive ketones (excluding diaryl/α,β-unsaturated/α-hetero) is 1. The number of ketones is 1. The summed E-state index contributed by atoms with van der Waals surface area (Å²) in [6.45, 7) is 6.14. The van der Waals surface area contributed by atoms with Crippen LogP contribution < -0.4 is 14.4 Å². The lowest BCUT2D eigenvalue weighted by atomic mass is 9.87. The minimum Gasteiger partial charge on any atom is -0.457 e. The van der Waals surface area contributed by atoms with E-state index < -0.39 is 30.2 Å². The number of rotatable bonds is 9. The van der Waals surface area contributed by atoms with Crippen LogP contribution in [0.25, 0.3) is 0 Å². The number of anilines is 1. The first-order chi connectivity index (χ1) is 21.5. The fraction of sp³-hybridized carbons (Fsp3) is 0.222. The second-order valence-electron chi connectivity index (χ2n) is 11.7. The van der Waals surface area contributed by atoms with Crippen molar-refractivity contribution in [1.82, 2.24) is 0 Å². The van der Waals surface area contributed by atoms with Crippen molar-refractivity contribution in [2.45, 2.75) is 32.6 Å². The third-order valence-electron chi connectivity index (χ3n) is 7.38. The lowest BCUT2D eigenvalue weighted by molar-refractivity contribution is -0.147. The molecular formula is C36H32BrNO7. The summed E-state index contributed by atoms with van der Waals surface area (Å²) in [5.41, 5.74) is 2.58. The zero-order valence-corrected chi connectivity index (χ0v) is 26.7. The molecule has 5 rings (SSSR count). The number of benzene rings is 4. The van der Waals surface area contributed by atoms with Gasteiger partial charge in [0, 0.05) is 28.7 Å². The Labute approximate surface area is 270 Å². The molecule has 0 N–H and O–H groups in total. The van der Waals surface area contributed by atoms with Gasteiger partial charge in [-0.15, -0.1) is 0 Å². The second kappa shape index (κ2) is 13.5. The van der Waals surface area contributed by atoms with Gasteiger partial charge in [0.15, 0.2) is 12.4 Å². The molecule has 9 heteroatoms. The van der Waals surface area contributed by atoms with E-state index in [1.807, 2.05) is 24.3 Å². The van der Waals surface area contributed by atoms with E-state index in [9.17, 15) is 19.2 Å². The first-order valence-corrected chi connectivity index (χ1v) is 15.2. The zero-order valence-electron chi connectivity index (χ0n) is 25.1. The Morgan fingerprint density at radius 2 is 1.33 bits per heavy atom. The highest BCUT2D eigenvalue weighted by Crippen LogP contribution is 2.30. The monoisotopic (exact) mass is 669 g/mol. The van der Waals surface area contributed by atoms with Crippen molar-refractivity contribution in [3.8, 4) is 17.2 Å². The number of esters is 2. The first-order valence-electron chi connectivity index (χ1n) is 14.4. The number of amides is 1. The average molecular weight is 671 g/mol. The van der Waals surface area contributed by atoms with Crippen LogP contribution in [-0.2, 0) is 19.7 Å². The van der Waals surface area contributed by atoms with Gasteiger partial charge in [0.25, 0.3) is 0 Å². The quantitative estimate of drug-likeness (QED) is 0.103. The highest BCUT2D eigenvalue weighted by atomic mass is 79.9. The highest BCUT2D eigenvalue weighted by Gasteiger charge is 2.36. The van der Waals surface area contributed by atoms with Crippen LogP contribution in [0, 0.1) is 5.92 Å². The standard InChI is InChI=1S/C36H32BrNO7/c1-36(2,3)26-8-16-29(17-9-26)44-30-18-12-28(13-19-30)38-21-25(20-33(38)40)34(41)43-22-32(39)23-6-14-31(15-7-23)45-35(42)24-4-10-27(37)11-5-24/h4-19,25H,20-22H2,1-3H3/t25-/m1/s1. The number of hydrogen-bond donors (Lipinski definition) is 0. The summed E-state index contributed by atoms with van der Waals surface area (Å²) in [4.78, 5) is 52.0. The van der Waals surface area contributed by atoms with Crippen molar-refractivity contribution in [3.63, 3.8) is 0 Å². The summed E-state index contributed by atoms with van der Waals surface area (Å²) < 4.78 is 17.4. The van der Waals surface area contributed by atoms with Crippen LogP contribution in [-0.4, -0.2) is 36.8 Å². The number of ether oxygens (including phenoxy) is 3. The van der Waals surface area contributed by atoms with Crippen LogP contribution in [0.2, 0.25) is 0 Å². The summed E-state index contributed by atoms with van der Waals surface area (Å²) in [6.07, 6.45) is -0.0101. The predicted molar refractivity (Wildman–Crippen MR) is 173 cm³/mol. The highest BCUT2D eigenvalue weighted by molar-refractivity contribution is 9.10. The molecule has 1 saturated heterocycles. The number of carbonyl (C=O) groups excluding carboxylic acids is 4. The molecule has 0 aromatic heterocycles.